The van der Waals surface area contributed by atoms with Gasteiger partial charge in [-0.25, -0.2) is 4.79 Å². The zero-order valence-corrected chi connectivity index (χ0v) is 16.0. The zero-order valence-electron chi connectivity index (χ0n) is 16.0. The third kappa shape index (κ3) is 2.46. The number of carbonyl (C=O) groups excluding carboxylic acids is 2. The number of allylic oxidation sites excluding steroid dienone is 1. The summed E-state index contributed by atoms with van der Waals surface area (Å²) in [7, 11) is 1.33. The van der Waals surface area contributed by atoms with Gasteiger partial charge < -0.3 is 14.6 Å². The Morgan fingerprint density at radius 1 is 1.27 bits per heavy atom. The molecule has 0 radical (unpaired) electrons. The lowest BCUT2D eigenvalue weighted by atomic mass is 9.47. The highest BCUT2D eigenvalue weighted by atomic mass is 16.7. The fourth-order valence-electron chi connectivity index (χ4n) is 6.82. The number of hydrogen-bond acceptors (Lipinski definition) is 5. The smallest absolute Gasteiger partial charge is 0.438 e. The van der Waals surface area contributed by atoms with Crippen LogP contribution in [0.25, 0.3) is 0 Å². The van der Waals surface area contributed by atoms with Crippen molar-refractivity contribution in [1.82, 2.24) is 0 Å². The van der Waals surface area contributed by atoms with Crippen molar-refractivity contribution in [1.29, 1.82) is 0 Å². The molecule has 4 aliphatic rings. The fraction of sp³-hybridized carbons (Fsp3) is 0.810. The van der Waals surface area contributed by atoms with Crippen LogP contribution in [0.3, 0.4) is 0 Å². The van der Waals surface area contributed by atoms with Gasteiger partial charge in [-0.2, -0.15) is 0 Å². The van der Waals surface area contributed by atoms with Gasteiger partial charge in [0.05, 0.1) is 13.2 Å². The quantitative estimate of drug-likeness (QED) is 0.569. The molecule has 144 valence electrons. The second-order valence-electron chi connectivity index (χ2n) is 9.27. The van der Waals surface area contributed by atoms with Crippen LogP contribution in [0, 0.1) is 28.6 Å². The summed E-state index contributed by atoms with van der Waals surface area (Å²) in [4.78, 5) is 24.0. The van der Waals surface area contributed by atoms with Gasteiger partial charge in [0.25, 0.3) is 0 Å². The lowest BCUT2D eigenvalue weighted by Crippen LogP contribution is -2.56. The molecule has 7 unspecified atom stereocenters. The molecule has 3 fully saturated rings. The minimum atomic E-state index is -0.620. The fourth-order valence-corrected chi connectivity index (χ4v) is 6.82. The monoisotopic (exact) mass is 362 g/mol. The first kappa shape index (κ1) is 18.0. The van der Waals surface area contributed by atoms with Gasteiger partial charge in [-0.1, -0.05) is 25.5 Å². The number of fused-ring (bicyclic) bond motifs is 5. The molecule has 0 bridgehead atoms. The number of ketones is 1. The Balaban J connectivity index is 1.61. The van der Waals surface area contributed by atoms with Gasteiger partial charge in [0.1, 0.15) is 11.9 Å². The molecular formula is C21H30O5. The van der Waals surface area contributed by atoms with Crippen LogP contribution >= 0.6 is 0 Å². The van der Waals surface area contributed by atoms with Crippen LogP contribution < -0.4 is 0 Å². The minimum Gasteiger partial charge on any atom is -0.438 e. The van der Waals surface area contributed by atoms with Crippen LogP contribution in [0.1, 0.15) is 58.8 Å². The van der Waals surface area contributed by atoms with Crippen LogP contribution in [-0.2, 0) is 14.3 Å². The summed E-state index contributed by atoms with van der Waals surface area (Å²) < 4.78 is 10.0. The van der Waals surface area contributed by atoms with Crippen molar-refractivity contribution in [3.05, 3.63) is 11.6 Å². The van der Waals surface area contributed by atoms with E-state index in [2.05, 4.69) is 24.7 Å². The molecule has 4 aliphatic carbocycles. The largest absolute Gasteiger partial charge is 0.508 e. The maximum absolute atomic E-state index is 12.5. The van der Waals surface area contributed by atoms with Gasteiger partial charge in [0.15, 0.2) is 0 Å². The first-order valence-electron chi connectivity index (χ1n) is 9.95. The molecule has 4 rings (SSSR count). The van der Waals surface area contributed by atoms with Crippen molar-refractivity contribution in [3.8, 4) is 0 Å². The molecule has 0 heterocycles. The van der Waals surface area contributed by atoms with E-state index in [0.29, 0.717) is 30.5 Å². The predicted molar refractivity (Wildman–Crippen MR) is 95.4 cm³/mol. The molecular weight excluding hydrogens is 332 g/mol. The van der Waals surface area contributed by atoms with Gasteiger partial charge in [-0.15, -0.1) is 0 Å². The number of carbonyl (C=O) groups is 2. The summed E-state index contributed by atoms with van der Waals surface area (Å²) in [5, 5.41) is 11.1. The van der Waals surface area contributed by atoms with Crippen molar-refractivity contribution in [3.63, 3.8) is 0 Å². The van der Waals surface area contributed by atoms with E-state index in [1.807, 2.05) is 0 Å². The molecule has 7 atom stereocenters. The lowest BCUT2D eigenvalue weighted by Gasteiger charge is -2.58. The first-order valence-corrected chi connectivity index (χ1v) is 9.95. The van der Waals surface area contributed by atoms with E-state index in [-0.39, 0.29) is 22.9 Å². The van der Waals surface area contributed by atoms with Gasteiger partial charge in [-0.3, -0.25) is 4.79 Å². The average Bonchev–Trinajstić information content (AvgIpc) is 2.89. The number of ether oxygens (including phenoxy) is 2. The van der Waals surface area contributed by atoms with Gasteiger partial charge in [0.2, 0.25) is 0 Å². The summed E-state index contributed by atoms with van der Waals surface area (Å²) in [5.74, 6) is 1.31. The summed E-state index contributed by atoms with van der Waals surface area (Å²) in [6.45, 7) is 4.35. The summed E-state index contributed by atoms with van der Waals surface area (Å²) in [6.07, 6.45) is 6.69. The van der Waals surface area contributed by atoms with E-state index >= 15 is 0 Å². The van der Waals surface area contributed by atoms with Crippen LogP contribution in [0.15, 0.2) is 11.6 Å². The van der Waals surface area contributed by atoms with E-state index in [0.717, 1.165) is 32.1 Å². The zero-order chi connectivity index (χ0) is 18.7. The average molecular weight is 362 g/mol. The van der Waals surface area contributed by atoms with Crippen molar-refractivity contribution < 1.29 is 24.2 Å². The van der Waals surface area contributed by atoms with Crippen molar-refractivity contribution in [2.75, 3.05) is 7.11 Å². The Bertz CT molecular complexity index is 655. The Kier molecular flexibility index (Phi) is 4.22. The number of aliphatic hydroxyl groups is 1. The molecule has 0 amide bonds. The third-order valence-electron chi connectivity index (χ3n) is 8.13. The summed E-state index contributed by atoms with van der Waals surface area (Å²) in [6, 6.07) is 0. The SMILES string of the molecule is COC(=O)OC1CCC2(C)C(=CCC3C4CCC(=O)C4(C)CC(O)C32)C1. The molecule has 3 saturated carbocycles. The van der Waals surface area contributed by atoms with Crippen LogP contribution in [0.4, 0.5) is 4.79 Å². The van der Waals surface area contributed by atoms with Crippen LogP contribution in [-0.4, -0.2) is 36.4 Å². The Labute approximate surface area is 155 Å². The van der Waals surface area contributed by atoms with Gasteiger partial charge in [-0.05, 0) is 55.3 Å². The molecule has 0 aromatic heterocycles. The molecule has 0 spiro atoms. The summed E-state index contributed by atoms with van der Waals surface area (Å²) in [5.41, 5.74) is 0.907. The van der Waals surface area contributed by atoms with Crippen LogP contribution in [0.2, 0.25) is 0 Å². The highest BCUT2D eigenvalue weighted by Gasteiger charge is 2.61. The standard InChI is InChI=1S/C21H30O5/c1-20-9-8-13(26-19(24)25-3)10-12(20)4-5-14-15-6-7-17(23)21(15,2)11-16(22)18(14)20/h4,13-16,18,22H,5-11H2,1-3H3. The predicted octanol–water partition coefficient (Wildman–Crippen LogP) is 3.64. The molecule has 5 heteroatoms. The molecule has 1 N–H and O–H groups in total. The first-order chi connectivity index (χ1) is 12.3. The van der Waals surface area contributed by atoms with E-state index in [4.69, 9.17) is 4.74 Å². The molecule has 0 aromatic carbocycles. The Morgan fingerprint density at radius 2 is 2.04 bits per heavy atom. The Hall–Kier alpha value is -1.36. The number of methoxy groups -OCH3 is 1. The molecule has 0 saturated heterocycles. The van der Waals surface area contributed by atoms with Crippen LogP contribution in [0.5, 0.6) is 0 Å². The highest BCUT2D eigenvalue weighted by Crippen LogP contribution is 2.64. The minimum absolute atomic E-state index is 0.0642. The highest BCUT2D eigenvalue weighted by molar-refractivity contribution is 5.87. The van der Waals surface area contributed by atoms with E-state index in [9.17, 15) is 14.7 Å². The molecule has 5 nitrogen and oxygen atoms in total. The maximum atomic E-state index is 12.5. The molecule has 26 heavy (non-hydrogen) atoms. The maximum Gasteiger partial charge on any atom is 0.508 e. The van der Waals surface area contributed by atoms with Gasteiger partial charge in [0, 0.05) is 18.3 Å². The number of aliphatic hydroxyl groups excluding tert-OH is 1. The van der Waals surface area contributed by atoms with Crippen molar-refractivity contribution in [2.24, 2.45) is 28.6 Å². The van der Waals surface area contributed by atoms with Crippen molar-refractivity contribution >= 4 is 11.9 Å². The second kappa shape index (κ2) is 6.08. The Morgan fingerprint density at radius 3 is 2.77 bits per heavy atom. The number of Topliss-reactive ketones (excluding diaryl/α,β-unsaturated/α-hetero) is 1. The summed E-state index contributed by atoms with van der Waals surface area (Å²) >= 11 is 0. The third-order valence-corrected chi connectivity index (χ3v) is 8.13. The normalized spacial score (nSPS) is 47.3. The second-order valence-corrected chi connectivity index (χ2v) is 9.27. The van der Waals surface area contributed by atoms with E-state index < -0.39 is 12.3 Å². The topological polar surface area (TPSA) is 72.8 Å². The molecule has 0 aliphatic heterocycles. The van der Waals surface area contributed by atoms with Gasteiger partial charge >= 0.3 is 6.16 Å². The van der Waals surface area contributed by atoms with E-state index in [1.54, 1.807) is 0 Å². The number of hydrogen-bond donors (Lipinski definition) is 1. The lowest BCUT2D eigenvalue weighted by molar-refractivity contribution is -0.145. The number of rotatable bonds is 1. The molecule has 0 aromatic rings. The van der Waals surface area contributed by atoms with E-state index in [1.165, 1.54) is 12.7 Å². The van der Waals surface area contributed by atoms with Crippen molar-refractivity contribution in [2.45, 2.75) is 71.0 Å².